The van der Waals surface area contributed by atoms with Crippen LogP contribution >= 0.6 is 0 Å². The summed E-state index contributed by atoms with van der Waals surface area (Å²) in [5.41, 5.74) is 2.50. The minimum Gasteiger partial charge on any atom is -0.481 e. The third-order valence-corrected chi connectivity index (χ3v) is 2.85. The molecule has 0 saturated heterocycles. The van der Waals surface area contributed by atoms with Crippen LogP contribution in [0.2, 0.25) is 0 Å². The summed E-state index contributed by atoms with van der Waals surface area (Å²) in [4.78, 5) is 10.5. The van der Waals surface area contributed by atoms with Crippen molar-refractivity contribution in [3.8, 4) is 0 Å². The summed E-state index contributed by atoms with van der Waals surface area (Å²) in [6.45, 7) is 0. The second kappa shape index (κ2) is 4.34. The lowest BCUT2D eigenvalue weighted by atomic mass is 9.95. The van der Waals surface area contributed by atoms with Crippen LogP contribution in [0.4, 0.5) is 5.69 Å². The van der Waals surface area contributed by atoms with Gasteiger partial charge in [-0.25, -0.2) is 0 Å². The molecule has 1 aromatic carbocycles. The largest absolute Gasteiger partial charge is 0.481 e. The first-order valence-corrected chi connectivity index (χ1v) is 5.32. The molecule has 15 heavy (non-hydrogen) atoms. The van der Waals surface area contributed by atoms with E-state index in [9.17, 15) is 4.79 Å². The molecule has 2 rings (SSSR count). The maximum absolute atomic E-state index is 10.5. The zero-order chi connectivity index (χ0) is 10.7. The van der Waals surface area contributed by atoms with Gasteiger partial charge in [0.2, 0.25) is 0 Å². The lowest BCUT2D eigenvalue weighted by molar-refractivity contribution is -0.137. The molecule has 80 valence electrons. The van der Waals surface area contributed by atoms with Crippen molar-refractivity contribution in [2.24, 2.45) is 0 Å². The number of aliphatic carboxylic acids is 1. The standard InChI is InChI=1S/C12H15NO2/c14-12(15)8-7-10-6-5-9-3-1-2-4-11(9)13-10/h1-4,10,13H,5-8H2,(H,14,15). The van der Waals surface area contributed by atoms with Crippen LogP contribution in [0.15, 0.2) is 24.3 Å². The van der Waals surface area contributed by atoms with Gasteiger partial charge >= 0.3 is 5.97 Å². The van der Waals surface area contributed by atoms with Crippen LogP contribution in [0.5, 0.6) is 0 Å². The predicted octanol–water partition coefficient (Wildman–Crippen LogP) is 2.28. The maximum atomic E-state index is 10.5. The van der Waals surface area contributed by atoms with Crippen molar-refractivity contribution in [1.82, 2.24) is 0 Å². The van der Waals surface area contributed by atoms with Gasteiger partial charge in [-0.05, 0) is 30.9 Å². The summed E-state index contributed by atoms with van der Waals surface area (Å²) in [6.07, 6.45) is 3.04. The van der Waals surface area contributed by atoms with E-state index in [1.165, 1.54) is 11.3 Å². The Morgan fingerprint density at radius 2 is 2.27 bits per heavy atom. The van der Waals surface area contributed by atoms with Crippen LogP contribution in [-0.4, -0.2) is 17.1 Å². The average Bonchev–Trinajstić information content (AvgIpc) is 2.26. The van der Waals surface area contributed by atoms with E-state index < -0.39 is 5.97 Å². The molecule has 2 N–H and O–H groups in total. The van der Waals surface area contributed by atoms with Crippen molar-refractivity contribution in [2.75, 3.05) is 5.32 Å². The minimum absolute atomic E-state index is 0.250. The Balaban J connectivity index is 1.96. The summed E-state index contributed by atoms with van der Waals surface area (Å²) in [5, 5.41) is 12.0. The van der Waals surface area contributed by atoms with Crippen molar-refractivity contribution in [3.63, 3.8) is 0 Å². The Hall–Kier alpha value is -1.51. The van der Waals surface area contributed by atoms with Gasteiger partial charge in [-0.1, -0.05) is 18.2 Å². The molecule has 0 saturated carbocycles. The van der Waals surface area contributed by atoms with Gasteiger partial charge in [-0.15, -0.1) is 0 Å². The molecule has 1 aromatic rings. The number of hydrogen-bond acceptors (Lipinski definition) is 2. The molecule has 3 heteroatoms. The highest BCUT2D eigenvalue weighted by Crippen LogP contribution is 2.25. The first-order valence-electron chi connectivity index (χ1n) is 5.32. The van der Waals surface area contributed by atoms with Gasteiger partial charge in [0.05, 0.1) is 0 Å². The van der Waals surface area contributed by atoms with E-state index in [2.05, 4.69) is 17.4 Å². The van der Waals surface area contributed by atoms with E-state index in [0.717, 1.165) is 12.8 Å². The second-order valence-corrected chi connectivity index (χ2v) is 3.97. The SMILES string of the molecule is O=C(O)CCC1CCc2ccccc2N1. The van der Waals surface area contributed by atoms with Gasteiger partial charge in [0.15, 0.2) is 0 Å². The summed E-state index contributed by atoms with van der Waals surface area (Å²) in [6, 6.07) is 8.54. The Morgan fingerprint density at radius 1 is 1.47 bits per heavy atom. The highest BCUT2D eigenvalue weighted by Gasteiger charge is 2.17. The average molecular weight is 205 g/mol. The number of para-hydroxylation sites is 1. The predicted molar refractivity (Wildman–Crippen MR) is 59.0 cm³/mol. The Labute approximate surface area is 89.1 Å². The van der Waals surface area contributed by atoms with E-state index in [-0.39, 0.29) is 6.42 Å². The van der Waals surface area contributed by atoms with Gasteiger partial charge in [-0.3, -0.25) is 4.79 Å². The quantitative estimate of drug-likeness (QED) is 0.795. The molecule has 1 atom stereocenters. The van der Waals surface area contributed by atoms with Crippen LogP contribution in [-0.2, 0) is 11.2 Å². The van der Waals surface area contributed by atoms with Crippen LogP contribution in [0, 0.1) is 0 Å². The zero-order valence-corrected chi connectivity index (χ0v) is 8.57. The van der Waals surface area contributed by atoms with Gasteiger partial charge < -0.3 is 10.4 Å². The van der Waals surface area contributed by atoms with Crippen LogP contribution in [0.25, 0.3) is 0 Å². The molecule has 1 aliphatic rings. The number of aryl methyl sites for hydroxylation is 1. The first kappa shape index (κ1) is 10.0. The van der Waals surface area contributed by atoms with Crippen LogP contribution < -0.4 is 5.32 Å². The van der Waals surface area contributed by atoms with E-state index in [0.29, 0.717) is 12.5 Å². The van der Waals surface area contributed by atoms with E-state index in [1.54, 1.807) is 0 Å². The third kappa shape index (κ3) is 2.49. The molecule has 0 aliphatic carbocycles. The Morgan fingerprint density at radius 3 is 3.07 bits per heavy atom. The second-order valence-electron chi connectivity index (χ2n) is 3.97. The fourth-order valence-corrected chi connectivity index (χ4v) is 2.02. The highest BCUT2D eigenvalue weighted by atomic mass is 16.4. The number of anilines is 1. The van der Waals surface area contributed by atoms with Crippen molar-refractivity contribution in [2.45, 2.75) is 31.7 Å². The Bertz CT molecular complexity index is 362. The topological polar surface area (TPSA) is 49.3 Å². The van der Waals surface area contributed by atoms with Crippen LogP contribution in [0.1, 0.15) is 24.8 Å². The number of carboxylic acids is 1. The molecule has 1 heterocycles. The number of fused-ring (bicyclic) bond motifs is 1. The summed E-state index contributed by atoms with van der Waals surface area (Å²) in [7, 11) is 0. The molecule has 0 fully saturated rings. The summed E-state index contributed by atoms with van der Waals surface area (Å²) < 4.78 is 0. The maximum Gasteiger partial charge on any atom is 0.303 e. The normalized spacial score (nSPS) is 19.1. The van der Waals surface area contributed by atoms with Crippen molar-refractivity contribution in [3.05, 3.63) is 29.8 Å². The zero-order valence-electron chi connectivity index (χ0n) is 8.57. The Kier molecular flexibility index (Phi) is 2.90. The molecule has 1 unspecified atom stereocenters. The number of benzene rings is 1. The minimum atomic E-state index is -0.712. The van der Waals surface area contributed by atoms with E-state index in [1.807, 2.05) is 12.1 Å². The smallest absolute Gasteiger partial charge is 0.303 e. The van der Waals surface area contributed by atoms with Gasteiger partial charge in [0.25, 0.3) is 0 Å². The molecule has 0 radical (unpaired) electrons. The number of hydrogen-bond donors (Lipinski definition) is 2. The number of carboxylic acid groups (broad SMARTS) is 1. The van der Waals surface area contributed by atoms with Gasteiger partial charge in [0, 0.05) is 18.2 Å². The van der Waals surface area contributed by atoms with E-state index in [4.69, 9.17) is 5.11 Å². The number of carbonyl (C=O) groups is 1. The lowest BCUT2D eigenvalue weighted by Crippen LogP contribution is -2.26. The lowest BCUT2D eigenvalue weighted by Gasteiger charge is -2.26. The fraction of sp³-hybridized carbons (Fsp3) is 0.417. The highest BCUT2D eigenvalue weighted by molar-refractivity contribution is 5.66. The molecular formula is C12H15NO2. The number of rotatable bonds is 3. The van der Waals surface area contributed by atoms with Crippen LogP contribution in [0.3, 0.4) is 0 Å². The van der Waals surface area contributed by atoms with Gasteiger partial charge in [-0.2, -0.15) is 0 Å². The first-order chi connectivity index (χ1) is 7.25. The molecule has 0 amide bonds. The molecule has 0 aromatic heterocycles. The monoisotopic (exact) mass is 205 g/mol. The van der Waals surface area contributed by atoms with E-state index >= 15 is 0 Å². The summed E-state index contributed by atoms with van der Waals surface area (Å²) in [5.74, 6) is -0.712. The fourth-order valence-electron chi connectivity index (χ4n) is 2.02. The molecule has 0 bridgehead atoms. The molecule has 3 nitrogen and oxygen atoms in total. The van der Waals surface area contributed by atoms with Crippen molar-refractivity contribution >= 4 is 11.7 Å². The van der Waals surface area contributed by atoms with Crippen molar-refractivity contribution in [1.29, 1.82) is 0 Å². The number of nitrogens with one attached hydrogen (secondary N) is 1. The molecule has 1 aliphatic heterocycles. The third-order valence-electron chi connectivity index (χ3n) is 2.85. The molecule has 0 spiro atoms. The van der Waals surface area contributed by atoms with Gasteiger partial charge in [0.1, 0.15) is 0 Å². The molecular weight excluding hydrogens is 190 g/mol. The summed E-state index contributed by atoms with van der Waals surface area (Å²) >= 11 is 0. The van der Waals surface area contributed by atoms with Crippen molar-refractivity contribution < 1.29 is 9.90 Å².